The van der Waals surface area contributed by atoms with Crippen molar-refractivity contribution < 1.29 is 46.6 Å². The average molecular weight is 841 g/mol. The quantitative estimate of drug-likeness (QED) is 0.0927. The number of carbonyl (C=O) groups is 1. The van der Waals surface area contributed by atoms with Gasteiger partial charge in [0.15, 0.2) is 8.32 Å². The Balaban J connectivity index is 5.47. The predicted molar refractivity (Wildman–Crippen MR) is 215 cm³/mol. The Morgan fingerprint density at radius 3 is 0.894 bits per heavy atom. The molecule has 2 N–H and O–H groups in total. The van der Waals surface area contributed by atoms with Gasteiger partial charge in [-0.15, -0.1) is 0 Å². The molecule has 0 aromatic rings. The smallest absolute Gasteiger partial charge is 0.320 e. The topological polar surface area (TPSA) is 132 Å². The van der Waals surface area contributed by atoms with Gasteiger partial charge in [-0.05, 0) is 138 Å². The summed E-state index contributed by atoms with van der Waals surface area (Å²) in [6, 6.07) is 0. The van der Waals surface area contributed by atoms with Crippen LogP contribution in [0.1, 0.15) is 6.92 Å². The van der Waals surface area contributed by atoms with Gasteiger partial charge in [0.2, 0.25) is 5.91 Å². The largest absolute Gasteiger partial charge is 0.435 e. The van der Waals surface area contributed by atoms with Gasteiger partial charge < -0.3 is 47.1 Å². The van der Waals surface area contributed by atoms with E-state index < -0.39 is 85.4 Å². The highest BCUT2D eigenvalue weighted by atomic mass is 28.5. The second kappa shape index (κ2) is 16.3. The molecule has 0 spiro atoms. The fourth-order valence-electron chi connectivity index (χ4n) is 6.06. The summed E-state index contributed by atoms with van der Waals surface area (Å²) in [5.74, 6) is -0.165. The highest BCUT2D eigenvalue weighted by Gasteiger charge is 2.50. The van der Waals surface area contributed by atoms with Crippen molar-refractivity contribution in [3.63, 3.8) is 0 Å². The molecule has 0 aromatic carbocycles. The molecule has 0 atom stereocenters. The summed E-state index contributed by atoms with van der Waals surface area (Å²) in [7, 11) is -26.5. The second-order valence-electron chi connectivity index (χ2n) is 16.8. The van der Waals surface area contributed by atoms with Crippen molar-refractivity contribution in [2.75, 3.05) is 6.17 Å². The average Bonchev–Trinajstić information content (AvgIpc) is 2.61. The molecule has 0 saturated heterocycles. The van der Waals surface area contributed by atoms with Crippen LogP contribution < -0.4 is 5.32 Å². The van der Waals surface area contributed by atoms with Gasteiger partial charge in [0, 0.05) is 11.7 Å². The van der Waals surface area contributed by atoms with Gasteiger partial charge in [-0.25, -0.2) is 0 Å². The molecule has 0 unspecified atom stereocenters. The van der Waals surface area contributed by atoms with Crippen LogP contribution in [0.15, 0.2) is 12.2 Å². The highest BCUT2D eigenvalue weighted by Crippen LogP contribution is 2.30. The second-order valence-corrected chi connectivity index (χ2v) is 53.3. The van der Waals surface area contributed by atoms with Crippen molar-refractivity contribution in [1.29, 1.82) is 0 Å². The molecule has 0 rings (SSSR count). The molecule has 12 nitrogen and oxygen atoms in total. The van der Waals surface area contributed by atoms with E-state index in [1.807, 2.05) is 105 Å². The fourth-order valence-corrected chi connectivity index (χ4v) is 54.5. The lowest BCUT2D eigenvalue weighted by Gasteiger charge is -2.44. The SMILES string of the molecule is C=C(C)C(=O)NC[Si](C)(C)O[Si](C)(C)O[Si](C)(C)O[Si](C)(C)O[Si](C)(C)O[Si](C)(C)O[Si](C)(C)O[Si](C)(C)O[Si](C)(C)O[Si](C)(C)O. The van der Waals surface area contributed by atoms with E-state index in [1.54, 1.807) is 20.0 Å². The Morgan fingerprint density at radius 2 is 0.681 bits per heavy atom. The molecule has 0 aliphatic heterocycles. The molecule has 47 heavy (non-hydrogen) atoms. The third kappa shape index (κ3) is 22.5. The summed E-state index contributed by atoms with van der Waals surface area (Å²) in [5, 5.41) is 2.93. The summed E-state index contributed by atoms with van der Waals surface area (Å²) >= 11 is 0. The summed E-state index contributed by atoms with van der Waals surface area (Å²) in [4.78, 5) is 22.3. The molecule has 0 aliphatic carbocycles. The maximum absolute atomic E-state index is 12.0. The molecule has 0 fully saturated rings. The van der Waals surface area contributed by atoms with Crippen molar-refractivity contribution in [1.82, 2.24) is 5.32 Å². The molecule has 280 valence electrons. The summed E-state index contributed by atoms with van der Waals surface area (Å²) < 4.78 is 59.1. The van der Waals surface area contributed by atoms with Crippen LogP contribution in [-0.4, -0.2) is 102 Å². The van der Waals surface area contributed by atoms with Crippen LogP contribution in [0.25, 0.3) is 0 Å². The highest BCUT2D eigenvalue weighted by molar-refractivity contribution is 6.93. The van der Waals surface area contributed by atoms with E-state index in [0.717, 1.165) is 0 Å². The first-order valence-electron chi connectivity index (χ1n) is 16.2. The van der Waals surface area contributed by atoms with Gasteiger partial charge >= 0.3 is 77.0 Å². The van der Waals surface area contributed by atoms with E-state index in [-0.39, 0.29) is 5.91 Å². The number of amides is 1. The van der Waals surface area contributed by atoms with Gasteiger partial charge in [-0.2, -0.15) is 0 Å². The molecular weight excluding hydrogens is 771 g/mol. The van der Waals surface area contributed by atoms with E-state index in [4.69, 9.17) is 37.0 Å². The van der Waals surface area contributed by atoms with Crippen LogP contribution in [0.2, 0.25) is 131 Å². The first-order valence-corrected chi connectivity index (χ1v) is 44.7. The third-order valence-corrected chi connectivity index (χ3v) is 42.2. The van der Waals surface area contributed by atoms with Crippen molar-refractivity contribution in [2.24, 2.45) is 0 Å². The standard InChI is InChI=1S/C25H69NO11Si10/c1-24(2)25(27)26-23-38(3,4)29-40(7,8)31-42(11,12)33-44(15,16)35-46(19,20)37-47(21,22)36-45(17,18)34-43(13,14)32-41(9,10)30-39(5,6)28/h28H,1,23H2,2-22H3,(H,26,27). The Bertz CT molecular complexity index is 1080. The fraction of sp³-hybridized carbons (Fsp3) is 0.880. The number of nitrogens with one attached hydrogen (secondary N) is 1. The van der Waals surface area contributed by atoms with Gasteiger partial charge in [0.1, 0.15) is 0 Å². The van der Waals surface area contributed by atoms with Crippen LogP contribution in [0.5, 0.6) is 0 Å². The summed E-state index contributed by atoms with van der Waals surface area (Å²) in [5.41, 5.74) is 0.473. The van der Waals surface area contributed by atoms with Gasteiger partial charge in [0.05, 0.1) is 0 Å². The first-order chi connectivity index (χ1) is 20.2. The molecule has 0 aromatic heterocycles. The summed E-state index contributed by atoms with van der Waals surface area (Å²) in [6.07, 6.45) is 0.471. The van der Waals surface area contributed by atoms with E-state index in [0.29, 0.717) is 11.7 Å². The Kier molecular flexibility index (Phi) is 16.7. The van der Waals surface area contributed by atoms with E-state index in [9.17, 15) is 9.59 Å². The third-order valence-electron chi connectivity index (χ3n) is 5.52. The number of hydrogen-bond donors (Lipinski definition) is 2. The van der Waals surface area contributed by atoms with Gasteiger partial charge in [-0.1, -0.05) is 6.58 Å². The van der Waals surface area contributed by atoms with Crippen molar-refractivity contribution in [3.8, 4) is 0 Å². The zero-order chi connectivity index (χ0) is 37.9. The maximum atomic E-state index is 12.0. The van der Waals surface area contributed by atoms with Crippen LogP contribution in [0.4, 0.5) is 0 Å². The minimum Gasteiger partial charge on any atom is -0.435 e. The number of hydrogen-bond acceptors (Lipinski definition) is 11. The van der Waals surface area contributed by atoms with Crippen molar-refractivity contribution in [3.05, 3.63) is 12.2 Å². The lowest BCUT2D eigenvalue weighted by molar-refractivity contribution is -0.117. The molecule has 0 heterocycles. The van der Waals surface area contributed by atoms with Gasteiger partial charge in [0.25, 0.3) is 0 Å². The zero-order valence-electron chi connectivity index (χ0n) is 33.4. The Labute approximate surface area is 297 Å². The lowest BCUT2D eigenvalue weighted by Crippen LogP contribution is -2.62. The molecule has 0 aliphatic rings. The van der Waals surface area contributed by atoms with Crippen LogP contribution >= 0.6 is 0 Å². The number of carbonyl (C=O) groups excluding carboxylic acids is 1. The molecule has 1 amide bonds. The molecular formula is C25H69NO11Si10. The lowest BCUT2D eigenvalue weighted by atomic mass is 10.3. The zero-order valence-corrected chi connectivity index (χ0v) is 43.4. The molecule has 0 radical (unpaired) electrons. The Morgan fingerprint density at radius 1 is 0.468 bits per heavy atom. The first kappa shape index (κ1) is 48.0. The molecule has 22 heteroatoms. The predicted octanol–water partition coefficient (Wildman–Crippen LogP) is 6.88. The van der Waals surface area contributed by atoms with E-state index in [2.05, 4.69) is 25.0 Å². The number of rotatable bonds is 21. The van der Waals surface area contributed by atoms with Crippen molar-refractivity contribution >= 4 is 91.3 Å². The Hall–Kier alpha value is 0.979. The minimum atomic E-state index is -2.75. The van der Waals surface area contributed by atoms with Crippen LogP contribution in [0, 0.1) is 0 Å². The van der Waals surface area contributed by atoms with Gasteiger partial charge in [-0.3, -0.25) is 4.79 Å². The molecule has 0 saturated carbocycles. The summed E-state index contributed by atoms with van der Waals surface area (Å²) in [6.45, 7) is 45.1. The van der Waals surface area contributed by atoms with Crippen LogP contribution in [-0.2, 0) is 41.8 Å². The monoisotopic (exact) mass is 839 g/mol. The maximum Gasteiger partial charge on any atom is 0.320 e. The van der Waals surface area contributed by atoms with E-state index >= 15 is 0 Å². The van der Waals surface area contributed by atoms with Crippen molar-refractivity contribution in [2.45, 2.75) is 138 Å². The van der Waals surface area contributed by atoms with Crippen LogP contribution in [0.3, 0.4) is 0 Å². The van der Waals surface area contributed by atoms with E-state index in [1.165, 1.54) is 0 Å². The molecule has 0 bridgehead atoms. The normalized spacial score (nSPS) is 15.2. The minimum absolute atomic E-state index is 0.165.